The van der Waals surface area contributed by atoms with Crippen LogP contribution in [-0.4, -0.2) is 24.5 Å². The lowest BCUT2D eigenvalue weighted by atomic mass is 10.0. The van der Waals surface area contributed by atoms with Gasteiger partial charge in [-0.25, -0.2) is 13.2 Å². The van der Waals surface area contributed by atoms with E-state index in [1.165, 1.54) is 24.4 Å². The number of carboxylic acid groups (broad SMARTS) is 1. The molecular weight excluding hydrogens is 388 g/mol. The van der Waals surface area contributed by atoms with Crippen molar-refractivity contribution in [2.45, 2.75) is 4.90 Å². The Morgan fingerprint density at radius 1 is 0.897 bits per heavy atom. The monoisotopic (exact) mass is 404 g/mol. The topological polar surface area (TPSA) is 96.4 Å². The van der Waals surface area contributed by atoms with Crippen LogP contribution < -0.4 is 4.72 Å². The van der Waals surface area contributed by atoms with Gasteiger partial charge in [-0.2, -0.15) is 0 Å². The molecule has 0 aliphatic heterocycles. The number of aromatic nitrogens is 1. The number of hydrogen-bond acceptors (Lipinski definition) is 4. The standard InChI is InChI=1S/C22H16N2O4S/c25-22(26)19-10-9-16(15-5-2-1-3-6-15)13-20(19)24-29(27,28)21-8-4-7-17-14-23-12-11-18(17)21/h1-14,24H,(H,25,26). The summed E-state index contributed by atoms with van der Waals surface area (Å²) in [6.07, 6.45) is 3.09. The van der Waals surface area contributed by atoms with E-state index >= 15 is 0 Å². The Morgan fingerprint density at radius 2 is 1.69 bits per heavy atom. The first-order valence-corrected chi connectivity index (χ1v) is 10.2. The van der Waals surface area contributed by atoms with Gasteiger partial charge in [0, 0.05) is 23.2 Å². The number of aromatic carboxylic acids is 1. The van der Waals surface area contributed by atoms with Crippen molar-refractivity contribution in [3.63, 3.8) is 0 Å². The summed E-state index contributed by atoms with van der Waals surface area (Å²) >= 11 is 0. The normalized spacial score (nSPS) is 11.3. The predicted molar refractivity (Wildman–Crippen MR) is 111 cm³/mol. The molecule has 3 aromatic carbocycles. The fourth-order valence-electron chi connectivity index (χ4n) is 3.15. The van der Waals surface area contributed by atoms with Gasteiger partial charge in [-0.1, -0.05) is 48.5 Å². The lowest BCUT2D eigenvalue weighted by molar-refractivity contribution is 0.0698. The van der Waals surface area contributed by atoms with Crippen LogP contribution in [0.1, 0.15) is 10.4 Å². The lowest BCUT2D eigenvalue weighted by Gasteiger charge is -2.14. The van der Waals surface area contributed by atoms with Gasteiger partial charge < -0.3 is 5.11 Å². The molecule has 0 aliphatic carbocycles. The van der Waals surface area contributed by atoms with Crippen molar-refractivity contribution in [3.8, 4) is 11.1 Å². The average molecular weight is 404 g/mol. The van der Waals surface area contributed by atoms with E-state index in [9.17, 15) is 18.3 Å². The highest BCUT2D eigenvalue weighted by atomic mass is 32.2. The van der Waals surface area contributed by atoms with Crippen LogP contribution >= 0.6 is 0 Å². The van der Waals surface area contributed by atoms with E-state index in [0.717, 1.165) is 5.56 Å². The Hall–Kier alpha value is -3.71. The van der Waals surface area contributed by atoms with Crippen LogP contribution in [0.25, 0.3) is 21.9 Å². The first kappa shape index (κ1) is 18.6. The first-order valence-electron chi connectivity index (χ1n) is 8.74. The van der Waals surface area contributed by atoms with Gasteiger partial charge in [-0.05, 0) is 35.4 Å². The fraction of sp³-hybridized carbons (Fsp3) is 0. The van der Waals surface area contributed by atoms with Gasteiger partial charge in [0.15, 0.2) is 0 Å². The minimum Gasteiger partial charge on any atom is -0.478 e. The zero-order valence-electron chi connectivity index (χ0n) is 15.1. The third kappa shape index (κ3) is 3.68. The molecule has 1 aromatic heterocycles. The quantitative estimate of drug-likeness (QED) is 0.514. The highest BCUT2D eigenvalue weighted by Gasteiger charge is 2.21. The van der Waals surface area contributed by atoms with Crippen LogP contribution in [0.5, 0.6) is 0 Å². The van der Waals surface area contributed by atoms with Gasteiger partial charge in [0.05, 0.1) is 16.1 Å². The molecule has 0 bridgehead atoms. The van der Waals surface area contributed by atoms with E-state index in [0.29, 0.717) is 16.3 Å². The van der Waals surface area contributed by atoms with Crippen LogP contribution in [0, 0.1) is 0 Å². The summed E-state index contributed by atoms with van der Waals surface area (Å²) in [5.74, 6) is -1.22. The number of rotatable bonds is 5. The maximum Gasteiger partial charge on any atom is 0.337 e. The number of nitrogens with zero attached hydrogens (tertiary/aromatic N) is 1. The molecule has 1 heterocycles. The van der Waals surface area contributed by atoms with Crippen LogP contribution in [0.2, 0.25) is 0 Å². The number of benzene rings is 3. The largest absolute Gasteiger partial charge is 0.478 e. The van der Waals surface area contributed by atoms with Crippen molar-refractivity contribution in [2.24, 2.45) is 0 Å². The highest BCUT2D eigenvalue weighted by molar-refractivity contribution is 7.93. The smallest absolute Gasteiger partial charge is 0.337 e. The molecule has 0 aliphatic rings. The van der Waals surface area contributed by atoms with Crippen molar-refractivity contribution in [1.29, 1.82) is 0 Å². The SMILES string of the molecule is O=C(O)c1ccc(-c2ccccc2)cc1NS(=O)(=O)c1cccc2cnccc12. The van der Waals surface area contributed by atoms with E-state index in [-0.39, 0.29) is 16.1 Å². The summed E-state index contributed by atoms with van der Waals surface area (Å²) in [5, 5.41) is 10.7. The number of pyridine rings is 1. The first-order chi connectivity index (χ1) is 14.0. The molecule has 0 radical (unpaired) electrons. The van der Waals surface area contributed by atoms with E-state index in [2.05, 4.69) is 9.71 Å². The van der Waals surface area contributed by atoms with Crippen LogP contribution in [0.3, 0.4) is 0 Å². The zero-order valence-corrected chi connectivity index (χ0v) is 15.9. The van der Waals surface area contributed by atoms with Crippen LogP contribution in [-0.2, 0) is 10.0 Å². The number of carboxylic acids is 1. The Kier molecular flexibility index (Phi) is 4.74. The van der Waals surface area contributed by atoms with Crippen molar-refractivity contribution < 1.29 is 18.3 Å². The summed E-state index contributed by atoms with van der Waals surface area (Å²) in [6, 6.07) is 20.4. The molecule has 144 valence electrons. The lowest BCUT2D eigenvalue weighted by Crippen LogP contribution is -2.16. The van der Waals surface area contributed by atoms with E-state index in [4.69, 9.17) is 0 Å². The van der Waals surface area contributed by atoms with Gasteiger partial charge in [0.1, 0.15) is 0 Å². The summed E-state index contributed by atoms with van der Waals surface area (Å²) in [6.45, 7) is 0. The molecule has 0 unspecified atom stereocenters. The zero-order chi connectivity index (χ0) is 20.4. The van der Waals surface area contributed by atoms with Crippen molar-refractivity contribution >= 4 is 32.5 Å². The number of carbonyl (C=O) groups is 1. The molecule has 0 spiro atoms. The fourth-order valence-corrected chi connectivity index (χ4v) is 4.45. The molecule has 29 heavy (non-hydrogen) atoms. The average Bonchev–Trinajstić information content (AvgIpc) is 2.73. The number of nitrogens with one attached hydrogen (secondary N) is 1. The Labute approximate surface area is 167 Å². The summed E-state index contributed by atoms with van der Waals surface area (Å²) < 4.78 is 28.7. The van der Waals surface area contributed by atoms with Gasteiger partial charge in [-0.3, -0.25) is 9.71 Å². The van der Waals surface area contributed by atoms with Crippen LogP contribution in [0.4, 0.5) is 5.69 Å². The number of sulfonamides is 1. The Balaban J connectivity index is 1.82. The highest BCUT2D eigenvalue weighted by Crippen LogP contribution is 2.29. The van der Waals surface area contributed by atoms with Gasteiger partial charge in [0.2, 0.25) is 0 Å². The second-order valence-corrected chi connectivity index (χ2v) is 8.04. The molecule has 0 amide bonds. The molecular formula is C22H16N2O4S. The maximum atomic E-state index is 13.1. The maximum absolute atomic E-state index is 13.1. The van der Waals surface area contributed by atoms with Crippen molar-refractivity contribution in [1.82, 2.24) is 4.98 Å². The van der Waals surface area contributed by atoms with Gasteiger partial charge in [0.25, 0.3) is 10.0 Å². The van der Waals surface area contributed by atoms with Crippen molar-refractivity contribution in [3.05, 3.63) is 90.8 Å². The Morgan fingerprint density at radius 3 is 2.45 bits per heavy atom. The molecule has 7 heteroatoms. The second kappa shape index (κ2) is 7.37. The number of fused-ring (bicyclic) bond motifs is 1. The molecule has 0 fully saturated rings. The minimum absolute atomic E-state index is 0.00455. The van der Waals surface area contributed by atoms with Gasteiger partial charge in [-0.15, -0.1) is 0 Å². The molecule has 4 rings (SSSR count). The molecule has 4 aromatic rings. The van der Waals surface area contributed by atoms with E-state index in [1.54, 1.807) is 30.5 Å². The van der Waals surface area contributed by atoms with E-state index < -0.39 is 16.0 Å². The molecule has 0 saturated heterocycles. The summed E-state index contributed by atoms with van der Waals surface area (Å²) in [7, 11) is -4.04. The number of anilines is 1. The number of hydrogen-bond donors (Lipinski definition) is 2. The summed E-state index contributed by atoms with van der Waals surface area (Å²) in [4.78, 5) is 15.7. The second-order valence-electron chi connectivity index (χ2n) is 6.39. The summed E-state index contributed by atoms with van der Waals surface area (Å²) in [5.41, 5.74) is 1.43. The predicted octanol–water partition coefficient (Wildman–Crippen LogP) is 4.40. The van der Waals surface area contributed by atoms with Crippen LogP contribution in [0.15, 0.2) is 90.1 Å². The molecule has 0 atom stereocenters. The molecule has 0 saturated carbocycles. The molecule has 2 N–H and O–H groups in total. The third-order valence-electron chi connectivity index (χ3n) is 4.53. The third-order valence-corrected chi connectivity index (χ3v) is 5.96. The van der Waals surface area contributed by atoms with E-state index in [1.807, 2.05) is 30.3 Å². The minimum atomic E-state index is -4.04. The Bertz CT molecular complexity index is 1310. The van der Waals surface area contributed by atoms with Crippen molar-refractivity contribution in [2.75, 3.05) is 4.72 Å². The molecule has 6 nitrogen and oxygen atoms in total. The van der Waals surface area contributed by atoms with Gasteiger partial charge >= 0.3 is 5.97 Å².